The van der Waals surface area contributed by atoms with E-state index in [1.54, 1.807) is 23.9 Å². The number of fused-ring (bicyclic) bond motifs is 1. The van der Waals surface area contributed by atoms with E-state index in [-0.39, 0.29) is 5.82 Å². The predicted molar refractivity (Wildman–Crippen MR) is 94.2 cm³/mol. The second-order valence-electron chi connectivity index (χ2n) is 5.84. The van der Waals surface area contributed by atoms with Crippen molar-refractivity contribution in [2.45, 2.75) is 24.4 Å². The van der Waals surface area contributed by atoms with Crippen molar-refractivity contribution in [2.24, 2.45) is 0 Å². The number of thioether (sulfide) groups is 1. The van der Waals surface area contributed by atoms with Gasteiger partial charge in [0.05, 0.1) is 0 Å². The monoisotopic (exact) mass is 340 g/mol. The van der Waals surface area contributed by atoms with Gasteiger partial charge in [-0.15, -0.1) is 10.2 Å². The van der Waals surface area contributed by atoms with Crippen molar-refractivity contribution in [3.8, 4) is 0 Å². The van der Waals surface area contributed by atoms with Gasteiger partial charge >= 0.3 is 0 Å². The maximum atomic E-state index is 13.3. The van der Waals surface area contributed by atoms with Crippen LogP contribution in [0.5, 0.6) is 0 Å². The Labute approximate surface area is 144 Å². The molecule has 0 unspecified atom stereocenters. The zero-order valence-corrected chi connectivity index (χ0v) is 14.1. The third-order valence-corrected chi connectivity index (χ3v) is 5.13. The van der Waals surface area contributed by atoms with E-state index in [0.29, 0.717) is 5.75 Å². The van der Waals surface area contributed by atoms with Crippen LogP contribution in [0, 0.1) is 12.7 Å². The van der Waals surface area contributed by atoms with Gasteiger partial charge in [0, 0.05) is 24.5 Å². The summed E-state index contributed by atoms with van der Waals surface area (Å²) in [4.78, 5) is 2.18. The molecular formula is C18H17FN4S. The maximum absolute atomic E-state index is 13.3. The van der Waals surface area contributed by atoms with Crippen LogP contribution < -0.4 is 4.90 Å². The molecule has 122 valence electrons. The van der Waals surface area contributed by atoms with Crippen molar-refractivity contribution in [3.63, 3.8) is 0 Å². The van der Waals surface area contributed by atoms with Crippen molar-refractivity contribution < 1.29 is 4.39 Å². The smallest absolute Gasteiger partial charge is 0.232 e. The van der Waals surface area contributed by atoms with Crippen LogP contribution in [-0.2, 0) is 12.3 Å². The molecule has 0 aliphatic carbocycles. The summed E-state index contributed by atoms with van der Waals surface area (Å²) in [7, 11) is 0. The molecule has 3 aromatic rings. The van der Waals surface area contributed by atoms with Gasteiger partial charge in [-0.3, -0.25) is 4.57 Å². The Morgan fingerprint density at radius 1 is 1.08 bits per heavy atom. The molecular weight excluding hydrogens is 323 g/mol. The Morgan fingerprint density at radius 3 is 2.71 bits per heavy atom. The first-order chi connectivity index (χ1) is 11.7. The van der Waals surface area contributed by atoms with Gasteiger partial charge in [0.2, 0.25) is 5.95 Å². The van der Waals surface area contributed by atoms with Crippen LogP contribution >= 0.6 is 11.8 Å². The van der Waals surface area contributed by atoms with Gasteiger partial charge in [-0.25, -0.2) is 4.39 Å². The van der Waals surface area contributed by atoms with Crippen LogP contribution in [0.3, 0.4) is 0 Å². The fourth-order valence-corrected chi connectivity index (χ4v) is 3.73. The number of nitrogens with zero attached hydrogens (tertiary/aromatic N) is 4. The van der Waals surface area contributed by atoms with E-state index in [0.717, 1.165) is 35.4 Å². The lowest BCUT2D eigenvalue weighted by Gasteiger charge is -2.15. The van der Waals surface area contributed by atoms with Crippen LogP contribution in [0.1, 0.15) is 11.1 Å². The highest BCUT2D eigenvalue weighted by atomic mass is 32.2. The second kappa shape index (κ2) is 6.28. The molecule has 4 nitrogen and oxygen atoms in total. The van der Waals surface area contributed by atoms with Crippen LogP contribution in [0.4, 0.5) is 16.0 Å². The third kappa shape index (κ3) is 2.89. The molecule has 0 amide bonds. The molecule has 0 spiro atoms. The summed E-state index contributed by atoms with van der Waals surface area (Å²) in [6.45, 7) is 3.83. The molecule has 0 saturated carbocycles. The normalized spacial score (nSPS) is 13.3. The predicted octanol–water partition coefficient (Wildman–Crippen LogP) is 4.17. The lowest BCUT2D eigenvalue weighted by Crippen LogP contribution is -2.14. The van der Waals surface area contributed by atoms with Crippen molar-refractivity contribution >= 4 is 23.4 Å². The summed E-state index contributed by atoms with van der Waals surface area (Å²) in [6, 6.07) is 15.1. The van der Waals surface area contributed by atoms with Gasteiger partial charge in [-0.2, -0.15) is 0 Å². The number of hydrogen-bond acceptors (Lipinski definition) is 4. The number of aromatic nitrogens is 3. The van der Waals surface area contributed by atoms with Gasteiger partial charge in [0.25, 0.3) is 0 Å². The zero-order valence-electron chi connectivity index (χ0n) is 13.3. The molecule has 0 radical (unpaired) electrons. The lowest BCUT2D eigenvalue weighted by atomic mass is 10.2. The van der Waals surface area contributed by atoms with Gasteiger partial charge in [0.1, 0.15) is 5.82 Å². The zero-order chi connectivity index (χ0) is 16.5. The lowest BCUT2D eigenvalue weighted by molar-refractivity contribution is 0.626. The Kier molecular flexibility index (Phi) is 3.98. The minimum Gasteiger partial charge on any atom is -0.309 e. The van der Waals surface area contributed by atoms with E-state index >= 15 is 0 Å². The summed E-state index contributed by atoms with van der Waals surface area (Å²) < 4.78 is 15.4. The van der Waals surface area contributed by atoms with Gasteiger partial charge in [-0.1, -0.05) is 41.6 Å². The highest BCUT2D eigenvalue weighted by molar-refractivity contribution is 7.98. The summed E-state index contributed by atoms with van der Waals surface area (Å²) in [5.74, 6) is 1.35. The molecule has 1 aromatic heterocycles. The van der Waals surface area contributed by atoms with E-state index in [1.807, 2.05) is 6.07 Å². The summed E-state index contributed by atoms with van der Waals surface area (Å²) in [5, 5.41) is 9.54. The fraction of sp³-hybridized carbons (Fsp3) is 0.222. The number of rotatable bonds is 4. The molecule has 1 aliphatic heterocycles. The topological polar surface area (TPSA) is 34.0 Å². The molecule has 0 atom stereocenters. The number of benzene rings is 2. The van der Waals surface area contributed by atoms with Crippen LogP contribution in [0.2, 0.25) is 0 Å². The van der Waals surface area contributed by atoms with Gasteiger partial charge < -0.3 is 4.90 Å². The largest absolute Gasteiger partial charge is 0.309 e. The molecule has 6 heteroatoms. The SMILES string of the molecule is Cc1ccc(N2CCn3c(SCc4cccc(F)c4)nnc32)cc1. The molecule has 1 aliphatic rings. The van der Waals surface area contributed by atoms with E-state index < -0.39 is 0 Å². The number of hydrogen-bond donors (Lipinski definition) is 0. The summed E-state index contributed by atoms with van der Waals surface area (Å²) in [6.07, 6.45) is 0. The Morgan fingerprint density at radius 2 is 1.92 bits per heavy atom. The first-order valence-corrected chi connectivity index (χ1v) is 8.84. The number of anilines is 2. The molecule has 0 bridgehead atoms. The Balaban J connectivity index is 1.52. The van der Waals surface area contributed by atoms with Crippen LogP contribution in [-0.4, -0.2) is 21.3 Å². The van der Waals surface area contributed by atoms with Crippen molar-refractivity contribution in [2.75, 3.05) is 11.4 Å². The molecule has 2 heterocycles. The first-order valence-electron chi connectivity index (χ1n) is 7.85. The first kappa shape index (κ1) is 15.2. The van der Waals surface area contributed by atoms with E-state index in [4.69, 9.17) is 0 Å². The van der Waals surface area contributed by atoms with Crippen molar-refractivity contribution in [3.05, 3.63) is 65.5 Å². The Bertz CT molecular complexity index is 860. The summed E-state index contributed by atoms with van der Waals surface area (Å²) >= 11 is 1.59. The molecule has 2 aromatic carbocycles. The quantitative estimate of drug-likeness (QED) is 0.668. The molecule has 0 fully saturated rings. The standard InChI is InChI=1S/C18H17FN4S/c1-13-5-7-16(8-6-13)22-9-10-23-17(22)20-21-18(23)24-12-14-3-2-4-15(19)11-14/h2-8,11H,9-10,12H2,1H3. The Hall–Kier alpha value is -2.34. The second-order valence-corrected chi connectivity index (χ2v) is 6.78. The minimum atomic E-state index is -0.204. The van der Waals surface area contributed by atoms with Gasteiger partial charge in [0.15, 0.2) is 5.16 Å². The molecule has 24 heavy (non-hydrogen) atoms. The van der Waals surface area contributed by atoms with E-state index in [2.05, 4.69) is 50.9 Å². The third-order valence-electron chi connectivity index (χ3n) is 4.09. The fourth-order valence-electron chi connectivity index (χ4n) is 2.83. The average molecular weight is 340 g/mol. The summed E-state index contributed by atoms with van der Waals surface area (Å²) in [5.41, 5.74) is 3.32. The molecule has 4 rings (SSSR count). The van der Waals surface area contributed by atoms with Crippen molar-refractivity contribution in [1.82, 2.24) is 14.8 Å². The minimum absolute atomic E-state index is 0.204. The number of aryl methyl sites for hydroxylation is 1. The van der Waals surface area contributed by atoms with E-state index in [1.165, 1.54) is 11.6 Å². The van der Waals surface area contributed by atoms with E-state index in [9.17, 15) is 4.39 Å². The molecule has 0 saturated heterocycles. The average Bonchev–Trinajstić information content (AvgIpc) is 3.16. The van der Waals surface area contributed by atoms with Crippen LogP contribution in [0.25, 0.3) is 0 Å². The highest BCUT2D eigenvalue weighted by Crippen LogP contribution is 2.33. The highest BCUT2D eigenvalue weighted by Gasteiger charge is 2.25. The maximum Gasteiger partial charge on any atom is 0.232 e. The van der Waals surface area contributed by atoms with Gasteiger partial charge in [-0.05, 0) is 36.8 Å². The molecule has 0 N–H and O–H groups in total. The van der Waals surface area contributed by atoms with Crippen molar-refractivity contribution in [1.29, 1.82) is 0 Å². The number of halogens is 1. The van der Waals surface area contributed by atoms with Crippen LogP contribution in [0.15, 0.2) is 53.7 Å².